The van der Waals surface area contributed by atoms with Crippen LogP contribution >= 0.6 is 0 Å². The van der Waals surface area contributed by atoms with Crippen molar-refractivity contribution in [3.63, 3.8) is 0 Å². The maximum atomic E-state index is 11.4. The molecule has 0 unspecified atom stereocenters. The van der Waals surface area contributed by atoms with E-state index in [1.807, 2.05) is 6.07 Å². The Morgan fingerprint density at radius 1 is 1.38 bits per heavy atom. The lowest BCUT2D eigenvalue weighted by Crippen LogP contribution is -2.43. The number of carbonyl (C=O) groups excluding carboxylic acids is 1. The molecule has 21 heavy (non-hydrogen) atoms. The highest BCUT2D eigenvalue weighted by atomic mass is 16.1. The molecule has 1 aromatic heterocycles. The first-order valence-corrected chi connectivity index (χ1v) is 7.60. The predicted molar refractivity (Wildman–Crippen MR) is 83.3 cm³/mol. The van der Waals surface area contributed by atoms with Crippen molar-refractivity contribution in [1.82, 2.24) is 20.2 Å². The molecule has 1 aromatic rings. The van der Waals surface area contributed by atoms with Crippen LogP contribution in [0.4, 0.5) is 5.82 Å². The molecule has 0 bridgehead atoms. The molecule has 1 fully saturated rings. The van der Waals surface area contributed by atoms with E-state index < -0.39 is 0 Å². The second-order valence-corrected chi connectivity index (χ2v) is 5.85. The third-order valence-electron chi connectivity index (χ3n) is 3.87. The monoisotopic (exact) mass is 291 g/mol. The van der Waals surface area contributed by atoms with Crippen molar-refractivity contribution in [3.8, 4) is 0 Å². The number of rotatable bonds is 5. The second-order valence-electron chi connectivity index (χ2n) is 5.85. The molecule has 2 N–H and O–H groups in total. The SMILES string of the molecule is CNC(=O)CN1CCC(Nc2cc(C(C)C)ncn2)CC1. The van der Waals surface area contributed by atoms with Crippen molar-refractivity contribution in [3.05, 3.63) is 18.1 Å². The van der Waals surface area contributed by atoms with Gasteiger partial charge in [-0.3, -0.25) is 9.69 Å². The topological polar surface area (TPSA) is 70.2 Å². The lowest BCUT2D eigenvalue weighted by molar-refractivity contribution is -0.122. The number of amides is 1. The normalized spacial score (nSPS) is 17.0. The molecule has 116 valence electrons. The first-order valence-electron chi connectivity index (χ1n) is 7.60. The van der Waals surface area contributed by atoms with E-state index in [-0.39, 0.29) is 5.91 Å². The summed E-state index contributed by atoms with van der Waals surface area (Å²) in [4.78, 5) is 22.1. The van der Waals surface area contributed by atoms with Crippen molar-refractivity contribution in [2.24, 2.45) is 0 Å². The summed E-state index contributed by atoms with van der Waals surface area (Å²) in [5.41, 5.74) is 1.06. The van der Waals surface area contributed by atoms with Gasteiger partial charge in [0.05, 0.1) is 6.54 Å². The van der Waals surface area contributed by atoms with E-state index in [1.54, 1.807) is 13.4 Å². The van der Waals surface area contributed by atoms with E-state index >= 15 is 0 Å². The van der Waals surface area contributed by atoms with Gasteiger partial charge < -0.3 is 10.6 Å². The van der Waals surface area contributed by atoms with E-state index in [0.717, 1.165) is 37.4 Å². The lowest BCUT2D eigenvalue weighted by atomic mass is 10.0. The Morgan fingerprint density at radius 2 is 2.10 bits per heavy atom. The van der Waals surface area contributed by atoms with Gasteiger partial charge in [0.15, 0.2) is 0 Å². The Balaban J connectivity index is 1.83. The highest BCUT2D eigenvalue weighted by Crippen LogP contribution is 2.18. The van der Waals surface area contributed by atoms with Gasteiger partial charge in [0.25, 0.3) is 0 Å². The summed E-state index contributed by atoms with van der Waals surface area (Å²) >= 11 is 0. The zero-order valence-corrected chi connectivity index (χ0v) is 13.1. The van der Waals surface area contributed by atoms with Crippen LogP contribution in [-0.2, 0) is 4.79 Å². The van der Waals surface area contributed by atoms with Gasteiger partial charge in [-0.15, -0.1) is 0 Å². The summed E-state index contributed by atoms with van der Waals surface area (Å²) in [6.07, 6.45) is 3.68. The predicted octanol–water partition coefficient (Wildman–Crippen LogP) is 1.22. The molecule has 2 rings (SSSR count). The Morgan fingerprint density at radius 3 is 2.71 bits per heavy atom. The lowest BCUT2D eigenvalue weighted by Gasteiger charge is -2.32. The van der Waals surface area contributed by atoms with Gasteiger partial charge in [-0.2, -0.15) is 0 Å². The summed E-state index contributed by atoms with van der Waals surface area (Å²) in [7, 11) is 1.68. The first-order chi connectivity index (χ1) is 10.1. The Hall–Kier alpha value is -1.69. The second kappa shape index (κ2) is 7.36. The van der Waals surface area contributed by atoms with Crippen LogP contribution in [0.25, 0.3) is 0 Å². The van der Waals surface area contributed by atoms with Gasteiger partial charge in [0.1, 0.15) is 12.1 Å². The van der Waals surface area contributed by atoms with Crippen molar-refractivity contribution in [1.29, 1.82) is 0 Å². The Bertz CT molecular complexity index is 469. The number of likely N-dealkylation sites (N-methyl/N-ethyl adjacent to an activating group) is 1. The van der Waals surface area contributed by atoms with Gasteiger partial charge in [-0.25, -0.2) is 9.97 Å². The Labute approximate surface area is 126 Å². The average molecular weight is 291 g/mol. The third kappa shape index (κ3) is 4.67. The first kappa shape index (κ1) is 15.7. The summed E-state index contributed by atoms with van der Waals surface area (Å²) < 4.78 is 0. The molecule has 0 saturated carbocycles. The van der Waals surface area contributed by atoms with Crippen LogP contribution < -0.4 is 10.6 Å². The molecule has 0 aliphatic carbocycles. The number of nitrogens with one attached hydrogen (secondary N) is 2. The number of nitrogens with zero attached hydrogens (tertiary/aromatic N) is 3. The molecular weight excluding hydrogens is 266 g/mol. The molecule has 0 spiro atoms. The van der Waals surface area contributed by atoms with Gasteiger partial charge in [-0.05, 0) is 18.8 Å². The fourth-order valence-electron chi connectivity index (χ4n) is 2.49. The van der Waals surface area contributed by atoms with Gasteiger partial charge >= 0.3 is 0 Å². The zero-order chi connectivity index (χ0) is 15.2. The van der Waals surface area contributed by atoms with Gasteiger partial charge in [0.2, 0.25) is 5.91 Å². The van der Waals surface area contributed by atoms with E-state index in [4.69, 9.17) is 0 Å². The molecule has 6 heteroatoms. The van der Waals surface area contributed by atoms with Crippen LogP contribution in [0.1, 0.15) is 38.3 Å². The van der Waals surface area contributed by atoms with Crippen LogP contribution in [0, 0.1) is 0 Å². The molecule has 1 saturated heterocycles. The van der Waals surface area contributed by atoms with Gasteiger partial charge in [0, 0.05) is 37.9 Å². The molecular formula is C15H25N5O. The average Bonchev–Trinajstić information content (AvgIpc) is 2.49. The van der Waals surface area contributed by atoms with Crippen molar-refractivity contribution >= 4 is 11.7 Å². The Kier molecular flexibility index (Phi) is 5.50. The molecule has 0 aromatic carbocycles. The largest absolute Gasteiger partial charge is 0.367 e. The maximum Gasteiger partial charge on any atom is 0.233 e. The fourth-order valence-corrected chi connectivity index (χ4v) is 2.49. The van der Waals surface area contributed by atoms with Crippen LogP contribution in [0.15, 0.2) is 12.4 Å². The van der Waals surface area contributed by atoms with Crippen molar-refractivity contribution < 1.29 is 4.79 Å². The minimum atomic E-state index is 0.0822. The molecule has 0 atom stereocenters. The standard InChI is InChI=1S/C15H25N5O/c1-11(2)13-8-14(18-10-17-13)19-12-4-6-20(7-5-12)9-15(21)16-3/h8,10-12H,4-7,9H2,1-3H3,(H,16,21)(H,17,18,19). The highest BCUT2D eigenvalue weighted by molar-refractivity contribution is 5.77. The quantitative estimate of drug-likeness (QED) is 0.853. The minimum Gasteiger partial charge on any atom is -0.367 e. The molecule has 1 amide bonds. The number of hydrogen-bond donors (Lipinski definition) is 2. The number of hydrogen-bond acceptors (Lipinski definition) is 5. The smallest absolute Gasteiger partial charge is 0.233 e. The van der Waals surface area contributed by atoms with E-state index in [2.05, 4.69) is 39.3 Å². The van der Waals surface area contributed by atoms with Crippen LogP contribution in [0.5, 0.6) is 0 Å². The zero-order valence-electron chi connectivity index (χ0n) is 13.1. The minimum absolute atomic E-state index is 0.0822. The summed E-state index contributed by atoms with van der Waals surface area (Å²) in [5.74, 6) is 1.39. The van der Waals surface area contributed by atoms with E-state index in [0.29, 0.717) is 18.5 Å². The highest BCUT2D eigenvalue weighted by Gasteiger charge is 2.20. The van der Waals surface area contributed by atoms with E-state index in [9.17, 15) is 4.79 Å². The van der Waals surface area contributed by atoms with Gasteiger partial charge in [-0.1, -0.05) is 13.8 Å². The summed E-state index contributed by atoms with van der Waals surface area (Å²) in [6.45, 7) is 6.63. The van der Waals surface area contributed by atoms with E-state index in [1.165, 1.54) is 0 Å². The van der Waals surface area contributed by atoms with Crippen molar-refractivity contribution in [2.75, 3.05) is 32.0 Å². The molecule has 6 nitrogen and oxygen atoms in total. The fraction of sp³-hybridized carbons (Fsp3) is 0.667. The van der Waals surface area contributed by atoms with Crippen LogP contribution in [-0.4, -0.2) is 53.5 Å². The van der Waals surface area contributed by atoms with Crippen molar-refractivity contribution in [2.45, 2.75) is 38.6 Å². The molecule has 0 radical (unpaired) electrons. The number of carbonyl (C=O) groups is 1. The number of likely N-dealkylation sites (tertiary alicyclic amines) is 1. The van der Waals surface area contributed by atoms with Crippen LogP contribution in [0.2, 0.25) is 0 Å². The number of anilines is 1. The third-order valence-corrected chi connectivity index (χ3v) is 3.87. The molecule has 2 heterocycles. The summed E-state index contributed by atoms with van der Waals surface area (Å²) in [5, 5.41) is 6.15. The maximum absolute atomic E-state index is 11.4. The number of aromatic nitrogens is 2. The molecule has 1 aliphatic heterocycles. The van der Waals surface area contributed by atoms with Crippen LogP contribution in [0.3, 0.4) is 0 Å². The summed E-state index contributed by atoms with van der Waals surface area (Å²) in [6, 6.07) is 2.45. The molecule has 1 aliphatic rings. The number of piperidine rings is 1.